The van der Waals surface area contributed by atoms with E-state index in [9.17, 15) is 13.5 Å². The third kappa shape index (κ3) is 3.26. The Morgan fingerprint density at radius 3 is 2.24 bits per heavy atom. The fourth-order valence-corrected chi connectivity index (χ4v) is 2.32. The summed E-state index contributed by atoms with van der Waals surface area (Å²) in [5.74, 6) is 0.0594. The summed E-state index contributed by atoms with van der Waals surface area (Å²) in [6.45, 7) is 1.66. The number of hydrogen-bond donors (Lipinski definition) is 3. The van der Waals surface area contributed by atoms with Crippen molar-refractivity contribution in [2.24, 2.45) is 11.5 Å². The van der Waals surface area contributed by atoms with Gasteiger partial charge in [-0.25, -0.2) is 8.42 Å². The Morgan fingerprint density at radius 2 is 1.82 bits per heavy atom. The highest BCUT2D eigenvalue weighted by Crippen LogP contribution is 2.17. The number of benzene rings is 1. The average molecular weight is 258 g/mol. The van der Waals surface area contributed by atoms with Gasteiger partial charge in [-0.05, 0) is 17.7 Å². The molecule has 2 atom stereocenters. The molecule has 0 amide bonds. The third-order valence-electron chi connectivity index (χ3n) is 2.66. The number of aliphatic hydroxyl groups is 1. The molecule has 0 aromatic heterocycles. The Labute approximate surface area is 101 Å². The van der Waals surface area contributed by atoms with Crippen molar-refractivity contribution in [2.45, 2.75) is 24.0 Å². The van der Waals surface area contributed by atoms with E-state index in [4.69, 9.17) is 11.5 Å². The molecule has 0 bridgehead atoms. The largest absolute Gasteiger partial charge is 0.390 e. The number of nitrogens with two attached hydrogens (primary N) is 2. The molecule has 0 aliphatic heterocycles. The van der Waals surface area contributed by atoms with Crippen LogP contribution in [-0.4, -0.2) is 31.9 Å². The van der Waals surface area contributed by atoms with Crippen LogP contribution < -0.4 is 11.5 Å². The molecule has 0 fully saturated rings. The van der Waals surface area contributed by atoms with Crippen LogP contribution >= 0.6 is 0 Å². The second-order valence-corrected chi connectivity index (χ2v) is 6.08. The minimum Gasteiger partial charge on any atom is -0.390 e. The molecule has 1 rings (SSSR count). The normalized spacial score (nSPS) is 15.5. The van der Waals surface area contributed by atoms with Crippen LogP contribution in [0.25, 0.3) is 0 Å². The lowest BCUT2D eigenvalue weighted by Crippen LogP contribution is -2.32. The molecule has 96 valence electrons. The summed E-state index contributed by atoms with van der Waals surface area (Å²) in [5, 5.41) is 9.49. The molecule has 5 N–H and O–H groups in total. The quantitative estimate of drug-likeness (QED) is 0.678. The number of hydrogen-bond acceptors (Lipinski definition) is 5. The van der Waals surface area contributed by atoms with Crippen molar-refractivity contribution in [3.63, 3.8) is 0 Å². The van der Waals surface area contributed by atoms with Crippen LogP contribution in [0.15, 0.2) is 29.2 Å². The van der Waals surface area contributed by atoms with Crippen molar-refractivity contribution in [1.29, 1.82) is 0 Å². The predicted molar refractivity (Wildman–Crippen MR) is 66.2 cm³/mol. The maximum absolute atomic E-state index is 11.6. The molecule has 2 unspecified atom stereocenters. The van der Waals surface area contributed by atoms with Crippen LogP contribution in [0.2, 0.25) is 0 Å². The van der Waals surface area contributed by atoms with Crippen LogP contribution in [0.5, 0.6) is 0 Å². The molecule has 0 spiro atoms. The lowest BCUT2D eigenvalue weighted by molar-refractivity contribution is 0.153. The smallest absolute Gasteiger partial charge is 0.178 e. The summed E-state index contributed by atoms with van der Waals surface area (Å²) in [4.78, 5) is 0.262. The van der Waals surface area contributed by atoms with Crippen LogP contribution in [0.4, 0.5) is 0 Å². The minimum atomic E-state index is -3.19. The van der Waals surface area contributed by atoms with E-state index in [1.54, 1.807) is 19.1 Å². The number of rotatable bonds is 5. The topological polar surface area (TPSA) is 106 Å². The molecule has 1 aromatic rings. The predicted octanol–water partition coefficient (Wildman–Crippen LogP) is -0.200. The van der Waals surface area contributed by atoms with E-state index in [-0.39, 0.29) is 17.2 Å². The van der Waals surface area contributed by atoms with Gasteiger partial charge in [-0.15, -0.1) is 0 Å². The standard InChI is InChI=1S/C11H18N2O3S/c1-2-17(15,16)9-5-3-8(4-6-9)11(13)10(14)7-12/h3-6,10-11,14H,2,7,12-13H2,1H3. The highest BCUT2D eigenvalue weighted by Gasteiger charge is 2.16. The molecule has 1 aromatic carbocycles. The first kappa shape index (κ1) is 14.1. The fourth-order valence-electron chi connectivity index (χ4n) is 1.43. The highest BCUT2D eigenvalue weighted by atomic mass is 32.2. The first-order chi connectivity index (χ1) is 7.92. The molecule has 0 saturated heterocycles. The molecule has 0 aliphatic carbocycles. The zero-order valence-electron chi connectivity index (χ0n) is 9.70. The summed E-state index contributed by atoms with van der Waals surface area (Å²) in [6.07, 6.45) is -0.830. The van der Waals surface area contributed by atoms with Gasteiger partial charge < -0.3 is 16.6 Å². The lowest BCUT2D eigenvalue weighted by atomic mass is 10.0. The summed E-state index contributed by atoms with van der Waals surface area (Å²) in [7, 11) is -3.19. The van der Waals surface area contributed by atoms with Crippen LogP contribution in [0, 0.1) is 0 Å². The average Bonchev–Trinajstić information content (AvgIpc) is 2.37. The van der Waals surface area contributed by atoms with Crippen molar-refractivity contribution in [3.8, 4) is 0 Å². The second-order valence-electron chi connectivity index (χ2n) is 3.80. The fraction of sp³-hybridized carbons (Fsp3) is 0.455. The molecule has 6 heteroatoms. The van der Waals surface area contributed by atoms with E-state index in [0.717, 1.165) is 0 Å². The summed E-state index contributed by atoms with van der Waals surface area (Å²) in [5.41, 5.74) is 11.7. The molecule has 0 radical (unpaired) electrons. The molecule has 17 heavy (non-hydrogen) atoms. The van der Waals surface area contributed by atoms with Crippen LogP contribution in [0.3, 0.4) is 0 Å². The third-order valence-corrected chi connectivity index (χ3v) is 4.41. The summed E-state index contributed by atoms with van der Waals surface area (Å²) < 4.78 is 23.1. The lowest BCUT2D eigenvalue weighted by Gasteiger charge is -2.17. The molecule has 0 saturated carbocycles. The Kier molecular flexibility index (Phi) is 4.64. The Balaban J connectivity index is 2.96. The monoisotopic (exact) mass is 258 g/mol. The summed E-state index contributed by atoms with van der Waals surface area (Å²) in [6, 6.07) is 5.60. The number of sulfone groups is 1. The maximum Gasteiger partial charge on any atom is 0.178 e. The van der Waals surface area contributed by atoms with Gasteiger partial charge in [-0.2, -0.15) is 0 Å². The Morgan fingerprint density at radius 1 is 1.29 bits per heavy atom. The van der Waals surface area contributed by atoms with Crippen LogP contribution in [0.1, 0.15) is 18.5 Å². The van der Waals surface area contributed by atoms with E-state index >= 15 is 0 Å². The van der Waals surface area contributed by atoms with Gasteiger partial charge in [0.2, 0.25) is 0 Å². The van der Waals surface area contributed by atoms with Gasteiger partial charge in [0.1, 0.15) is 0 Å². The first-order valence-electron chi connectivity index (χ1n) is 5.38. The van der Waals surface area contributed by atoms with Gasteiger partial charge in [-0.1, -0.05) is 19.1 Å². The molecular formula is C11H18N2O3S. The van der Waals surface area contributed by atoms with Crippen LogP contribution in [-0.2, 0) is 9.84 Å². The van der Waals surface area contributed by atoms with E-state index in [2.05, 4.69) is 0 Å². The Hall–Kier alpha value is -0.950. The first-order valence-corrected chi connectivity index (χ1v) is 7.04. The zero-order valence-corrected chi connectivity index (χ0v) is 10.5. The molecule has 5 nitrogen and oxygen atoms in total. The van der Waals surface area contributed by atoms with Gasteiger partial charge in [0, 0.05) is 6.54 Å². The minimum absolute atomic E-state index is 0.0594. The maximum atomic E-state index is 11.6. The van der Waals surface area contributed by atoms with Gasteiger partial charge in [0.25, 0.3) is 0 Å². The second kappa shape index (κ2) is 5.59. The van der Waals surface area contributed by atoms with Gasteiger partial charge in [0.05, 0.1) is 22.8 Å². The summed E-state index contributed by atoms with van der Waals surface area (Å²) >= 11 is 0. The van der Waals surface area contributed by atoms with Gasteiger partial charge >= 0.3 is 0 Å². The molecule has 0 heterocycles. The SMILES string of the molecule is CCS(=O)(=O)c1ccc(C(N)C(O)CN)cc1. The van der Waals surface area contributed by atoms with E-state index < -0.39 is 22.0 Å². The van der Waals surface area contributed by atoms with E-state index in [0.29, 0.717) is 5.56 Å². The Bertz CT molecular complexity index is 456. The van der Waals surface area contributed by atoms with Gasteiger partial charge in [0.15, 0.2) is 9.84 Å². The van der Waals surface area contributed by atoms with Crippen molar-refractivity contribution >= 4 is 9.84 Å². The van der Waals surface area contributed by atoms with Crippen molar-refractivity contribution in [2.75, 3.05) is 12.3 Å². The number of aliphatic hydroxyl groups excluding tert-OH is 1. The molecule has 0 aliphatic rings. The van der Waals surface area contributed by atoms with E-state index in [1.165, 1.54) is 12.1 Å². The zero-order chi connectivity index (χ0) is 13.1. The van der Waals surface area contributed by atoms with Crippen molar-refractivity contribution < 1.29 is 13.5 Å². The molecular weight excluding hydrogens is 240 g/mol. The van der Waals surface area contributed by atoms with Crippen molar-refractivity contribution in [1.82, 2.24) is 0 Å². The highest BCUT2D eigenvalue weighted by molar-refractivity contribution is 7.91. The van der Waals surface area contributed by atoms with Gasteiger partial charge in [-0.3, -0.25) is 0 Å². The van der Waals surface area contributed by atoms with Crippen molar-refractivity contribution in [3.05, 3.63) is 29.8 Å². The van der Waals surface area contributed by atoms with E-state index in [1.807, 2.05) is 0 Å².